The lowest BCUT2D eigenvalue weighted by Crippen LogP contribution is -2.23. The molecule has 0 bridgehead atoms. The van der Waals surface area contributed by atoms with Gasteiger partial charge in [-0.3, -0.25) is 0 Å². The van der Waals surface area contributed by atoms with E-state index in [1.807, 2.05) is 61.5 Å². The molecule has 0 saturated heterocycles. The van der Waals surface area contributed by atoms with Crippen molar-refractivity contribution in [2.75, 3.05) is 7.11 Å². The number of nitrogens with zero attached hydrogens (tertiary/aromatic N) is 4. The fourth-order valence-corrected chi connectivity index (χ4v) is 2.64. The predicted octanol–water partition coefficient (Wildman–Crippen LogP) is 2.59. The minimum atomic E-state index is -0.318. The molecule has 2 aromatic carbocycles. The third kappa shape index (κ3) is 3.37. The molecule has 26 heavy (non-hydrogen) atoms. The smallest absolute Gasteiger partial charge is 0.368 e. The topological polar surface area (TPSA) is 71.2 Å². The minimum Gasteiger partial charge on any atom is -0.493 e. The second-order valence-electron chi connectivity index (χ2n) is 5.58. The summed E-state index contributed by atoms with van der Waals surface area (Å²) in [7, 11) is 3.16. The summed E-state index contributed by atoms with van der Waals surface area (Å²) in [6, 6.07) is 13.1. The molecular weight excluding hydrogens is 332 g/mol. The van der Waals surface area contributed by atoms with Gasteiger partial charge in [-0.05, 0) is 41.1 Å². The van der Waals surface area contributed by atoms with Gasteiger partial charge in [0, 0.05) is 12.6 Å². The van der Waals surface area contributed by atoms with Crippen LogP contribution in [0.5, 0.6) is 11.5 Å². The average Bonchev–Trinajstić information content (AvgIpc) is 2.99. The van der Waals surface area contributed by atoms with Crippen molar-refractivity contribution in [3.63, 3.8) is 0 Å². The lowest BCUT2D eigenvalue weighted by atomic mass is 10.1. The number of aryl methyl sites for hydroxylation is 1. The van der Waals surface area contributed by atoms with Crippen LogP contribution >= 0.6 is 0 Å². The van der Waals surface area contributed by atoms with Gasteiger partial charge in [-0.25, -0.2) is 4.79 Å². The molecule has 0 radical (unpaired) electrons. The number of hydrogen-bond donors (Lipinski definition) is 0. The summed E-state index contributed by atoms with van der Waals surface area (Å²) in [5.74, 6) is 1.27. The third-order valence-corrected chi connectivity index (χ3v) is 3.92. The molecule has 0 N–H and O–H groups in total. The monoisotopic (exact) mass is 352 g/mol. The van der Waals surface area contributed by atoms with Crippen molar-refractivity contribution in [2.45, 2.75) is 13.5 Å². The lowest BCUT2D eigenvalue weighted by molar-refractivity contribution is 0.284. The van der Waals surface area contributed by atoms with E-state index in [0.717, 1.165) is 11.1 Å². The Bertz CT molecular complexity index is 988. The van der Waals surface area contributed by atoms with Crippen LogP contribution in [0, 0.1) is 0 Å². The molecule has 0 saturated carbocycles. The van der Waals surface area contributed by atoms with E-state index in [1.165, 1.54) is 9.36 Å². The van der Waals surface area contributed by atoms with Crippen molar-refractivity contribution in [1.29, 1.82) is 0 Å². The molecule has 7 nitrogen and oxygen atoms in total. The molecule has 0 unspecified atom stereocenters. The quantitative estimate of drug-likeness (QED) is 0.682. The maximum absolute atomic E-state index is 12.3. The molecule has 3 aromatic rings. The molecule has 134 valence electrons. The van der Waals surface area contributed by atoms with E-state index in [9.17, 15) is 4.79 Å². The van der Waals surface area contributed by atoms with E-state index >= 15 is 0 Å². The van der Waals surface area contributed by atoms with Crippen LogP contribution in [0.15, 0.2) is 53.3 Å². The van der Waals surface area contributed by atoms with Gasteiger partial charge in [-0.15, -0.1) is 0 Å². The number of aromatic nitrogens is 4. The van der Waals surface area contributed by atoms with Crippen molar-refractivity contribution < 1.29 is 9.47 Å². The predicted molar refractivity (Wildman–Crippen MR) is 98.6 cm³/mol. The van der Waals surface area contributed by atoms with E-state index in [2.05, 4.69) is 10.4 Å². The molecule has 1 aromatic heterocycles. The standard InChI is InChI=1S/C19H20N4O3/c1-4-8-14-9-7-10-16(23-19(24)22(2)20-21-23)15(14)13-26-18-12-6-5-11-17(18)25-3/h4-12H,13H2,1-3H3/b8-4+. The summed E-state index contributed by atoms with van der Waals surface area (Å²) in [5, 5.41) is 7.74. The first-order valence-electron chi connectivity index (χ1n) is 8.15. The summed E-state index contributed by atoms with van der Waals surface area (Å²) in [6.07, 6.45) is 3.90. The van der Waals surface area contributed by atoms with E-state index in [1.54, 1.807) is 14.2 Å². The highest BCUT2D eigenvalue weighted by molar-refractivity contribution is 5.59. The average molecular weight is 352 g/mol. The number of ether oxygens (including phenoxy) is 2. The number of benzene rings is 2. The fraction of sp³-hybridized carbons (Fsp3) is 0.211. The van der Waals surface area contributed by atoms with Gasteiger partial charge in [0.15, 0.2) is 11.5 Å². The van der Waals surface area contributed by atoms with E-state index in [0.29, 0.717) is 17.2 Å². The molecular formula is C19H20N4O3. The number of allylic oxidation sites excluding steroid dienone is 1. The summed E-state index contributed by atoms with van der Waals surface area (Å²) in [6.45, 7) is 2.19. The SMILES string of the molecule is C/C=C/c1cccc(-n2nnn(C)c2=O)c1COc1ccccc1OC. The highest BCUT2D eigenvalue weighted by Crippen LogP contribution is 2.28. The van der Waals surface area contributed by atoms with Gasteiger partial charge in [0.05, 0.1) is 12.8 Å². The van der Waals surface area contributed by atoms with Crippen molar-refractivity contribution in [2.24, 2.45) is 7.05 Å². The molecule has 0 aliphatic heterocycles. The Balaban J connectivity index is 2.04. The van der Waals surface area contributed by atoms with Crippen LogP contribution < -0.4 is 15.2 Å². The van der Waals surface area contributed by atoms with Gasteiger partial charge in [-0.1, -0.05) is 36.4 Å². The maximum Gasteiger partial charge on any atom is 0.368 e. The van der Waals surface area contributed by atoms with Crippen LogP contribution in [0.1, 0.15) is 18.1 Å². The molecule has 1 heterocycles. The maximum atomic E-state index is 12.3. The van der Waals surface area contributed by atoms with Crippen LogP contribution in [0.2, 0.25) is 0 Å². The zero-order chi connectivity index (χ0) is 18.5. The van der Waals surface area contributed by atoms with Crippen LogP contribution in [0.4, 0.5) is 0 Å². The Hall–Kier alpha value is -3.35. The minimum absolute atomic E-state index is 0.249. The Morgan fingerprint density at radius 1 is 1.08 bits per heavy atom. The Morgan fingerprint density at radius 2 is 1.85 bits per heavy atom. The largest absolute Gasteiger partial charge is 0.493 e. The van der Waals surface area contributed by atoms with Crippen molar-refractivity contribution in [1.82, 2.24) is 19.8 Å². The second-order valence-corrected chi connectivity index (χ2v) is 5.58. The number of methoxy groups -OCH3 is 1. The van der Waals surface area contributed by atoms with Crippen LogP contribution in [-0.4, -0.2) is 26.9 Å². The molecule has 0 spiro atoms. The van der Waals surface area contributed by atoms with Crippen LogP contribution in [0.3, 0.4) is 0 Å². The summed E-state index contributed by atoms with van der Waals surface area (Å²) in [4.78, 5) is 12.3. The molecule has 3 rings (SSSR count). The van der Waals surface area contributed by atoms with Crippen LogP contribution in [0.25, 0.3) is 11.8 Å². The molecule has 0 amide bonds. The van der Waals surface area contributed by atoms with Gasteiger partial charge in [0.2, 0.25) is 0 Å². The highest BCUT2D eigenvalue weighted by Gasteiger charge is 2.15. The molecule has 0 atom stereocenters. The highest BCUT2D eigenvalue weighted by atomic mass is 16.5. The molecule has 0 aliphatic rings. The fourth-order valence-electron chi connectivity index (χ4n) is 2.64. The first kappa shape index (κ1) is 17.5. The number of tetrazole rings is 1. The van der Waals surface area contributed by atoms with E-state index in [-0.39, 0.29) is 12.3 Å². The zero-order valence-corrected chi connectivity index (χ0v) is 14.9. The van der Waals surface area contributed by atoms with E-state index in [4.69, 9.17) is 9.47 Å². The van der Waals surface area contributed by atoms with Gasteiger partial charge < -0.3 is 9.47 Å². The number of rotatable bonds is 6. The van der Waals surface area contributed by atoms with Crippen LogP contribution in [-0.2, 0) is 13.7 Å². The van der Waals surface area contributed by atoms with Gasteiger partial charge in [0.25, 0.3) is 0 Å². The van der Waals surface area contributed by atoms with Gasteiger partial charge in [0.1, 0.15) is 6.61 Å². The van der Waals surface area contributed by atoms with E-state index < -0.39 is 0 Å². The second kappa shape index (κ2) is 7.69. The summed E-state index contributed by atoms with van der Waals surface area (Å²) < 4.78 is 13.8. The Kier molecular flexibility index (Phi) is 5.17. The first-order valence-corrected chi connectivity index (χ1v) is 8.15. The van der Waals surface area contributed by atoms with Crippen molar-refractivity contribution in [3.05, 3.63) is 70.2 Å². The van der Waals surface area contributed by atoms with Crippen molar-refractivity contribution >= 4 is 6.08 Å². The molecule has 0 aliphatic carbocycles. The number of para-hydroxylation sites is 2. The normalized spacial score (nSPS) is 11.0. The van der Waals surface area contributed by atoms with Crippen molar-refractivity contribution in [3.8, 4) is 17.2 Å². The van der Waals surface area contributed by atoms with Gasteiger partial charge >= 0.3 is 5.69 Å². The Morgan fingerprint density at radius 3 is 2.50 bits per heavy atom. The lowest BCUT2D eigenvalue weighted by Gasteiger charge is -2.14. The van der Waals surface area contributed by atoms with Gasteiger partial charge in [-0.2, -0.15) is 9.36 Å². The number of hydrogen-bond acceptors (Lipinski definition) is 5. The Labute approximate surface area is 151 Å². The zero-order valence-electron chi connectivity index (χ0n) is 14.9. The molecule has 0 fully saturated rings. The third-order valence-electron chi connectivity index (χ3n) is 3.92. The first-order chi connectivity index (χ1) is 12.7. The molecule has 7 heteroatoms. The summed E-state index contributed by atoms with van der Waals surface area (Å²) in [5.41, 5.74) is 2.09. The summed E-state index contributed by atoms with van der Waals surface area (Å²) >= 11 is 0.